The zero-order valence-electron chi connectivity index (χ0n) is 19.1. The Morgan fingerprint density at radius 1 is 0.963 bits per heavy atom. The first kappa shape index (κ1) is 25.9. The molecule has 0 aliphatic carbocycles. The van der Waals surface area contributed by atoms with Crippen LogP contribution in [0.15, 0.2) is 24.3 Å². The molecule has 0 saturated carbocycles. The highest BCUT2D eigenvalue weighted by atomic mass is 16.5. The van der Waals surface area contributed by atoms with Crippen molar-refractivity contribution < 1.29 is 9.84 Å². The third-order valence-corrected chi connectivity index (χ3v) is 5.05. The largest absolute Gasteiger partial charge is 0.493 e. The monoisotopic (exact) mass is 379 g/mol. The Morgan fingerprint density at radius 2 is 1.56 bits per heavy atom. The van der Waals surface area contributed by atoms with E-state index in [0.717, 1.165) is 37.8 Å². The van der Waals surface area contributed by atoms with Crippen molar-refractivity contribution in [3.05, 3.63) is 29.8 Å². The van der Waals surface area contributed by atoms with Gasteiger partial charge in [-0.25, -0.2) is 0 Å². The number of rotatable bonds is 11. The summed E-state index contributed by atoms with van der Waals surface area (Å²) in [6.07, 6.45) is 2.14. The van der Waals surface area contributed by atoms with Crippen molar-refractivity contribution in [3.8, 4) is 5.75 Å². The van der Waals surface area contributed by atoms with Gasteiger partial charge in [-0.1, -0.05) is 67.5 Å². The normalized spacial score (nSPS) is 11.7. The van der Waals surface area contributed by atoms with E-state index in [-0.39, 0.29) is 0 Å². The second kappa shape index (κ2) is 14.0. The van der Waals surface area contributed by atoms with E-state index >= 15 is 0 Å². The highest BCUT2D eigenvalue weighted by Gasteiger charge is 2.20. The average Bonchev–Trinajstić information content (AvgIpc) is 2.58. The van der Waals surface area contributed by atoms with Gasteiger partial charge in [0.1, 0.15) is 5.75 Å². The minimum absolute atomic E-state index is 0.300. The summed E-state index contributed by atoms with van der Waals surface area (Å²) in [5.74, 6) is 2.96. The molecule has 0 amide bonds. The Bertz CT molecular complexity index is 464. The average molecular weight is 380 g/mol. The quantitative estimate of drug-likeness (QED) is 0.470. The topological polar surface area (TPSA) is 41.5 Å². The van der Waals surface area contributed by atoms with E-state index in [2.05, 4.69) is 85.0 Å². The molecule has 3 nitrogen and oxygen atoms in total. The van der Waals surface area contributed by atoms with E-state index in [9.17, 15) is 0 Å². The Hall–Kier alpha value is -1.06. The summed E-state index contributed by atoms with van der Waals surface area (Å²) >= 11 is 0. The van der Waals surface area contributed by atoms with Crippen LogP contribution in [0.2, 0.25) is 0 Å². The fourth-order valence-corrected chi connectivity index (χ4v) is 2.17. The summed E-state index contributed by atoms with van der Waals surface area (Å²) in [7, 11) is 0. The smallest absolute Gasteiger partial charge is 0.119 e. The molecule has 0 spiro atoms. The maximum Gasteiger partial charge on any atom is 0.119 e. The van der Waals surface area contributed by atoms with Gasteiger partial charge in [0, 0.05) is 13.2 Å². The molecule has 0 fully saturated rings. The molecule has 2 N–H and O–H groups in total. The Balaban J connectivity index is 0.000000636. The van der Waals surface area contributed by atoms with Crippen LogP contribution in [-0.4, -0.2) is 24.9 Å². The molecular weight excluding hydrogens is 334 g/mol. The number of aliphatic hydroxyl groups excluding tert-OH is 1. The summed E-state index contributed by atoms with van der Waals surface area (Å²) in [6.45, 7) is 20.7. The van der Waals surface area contributed by atoms with Crippen LogP contribution in [0.5, 0.6) is 5.75 Å². The molecule has 0 aliphatic rings. The number of benzene rings is 1. The predicted molar refractivity (Wildman–Crippen MR) is 118 cm³/mol. The number of ether oxygens (including phenoxy) is 1. The molecule has 0 aromatic heterocycles. The van der Waals surface area contributed by atoms with Gasteiger partial charge >= 0.3 is 0 Å². The van der Waals surface area contributed by atoms with Gasteiger partial charge in [-0.3, -0.25) is 0 Å². The van der Waals surface area contributed by atoms with Crippen molar-refractivity contribution in [2.45, 2.75) is 74.8 Å². The van der Waals surface area contributed by atoms with Gasteiger partial charge in [0.2, 0.25) is 0 Å². The lowest BCUT2D eigenvalue weighted by Crippen LogP contribution is -2.20. The molecule has 0 heterocycles. The van der Waals surface area contributed by atoms with Crippen LogP contribution in [0.4, 0.5) is 0 Å². The van der Waals surface area contributed by atoms with E-state index in [1.165, 1.54) is 12.0 Å². The summed E-state index contributed by atoms with van der Waals surface area (Å²) in [5, 5.41) is 12.1. The van der Waals surface area contributed by atoms with Crippen LogP contribution in [0.25, 0.3) is 0 Å². The fourth-order valence-electron chi connectivity index (χ4n) is 2.17. The van der Waals surface area contributed by atoms with E-state index in [1.807, 2.05) is 0 Å². The van der Waals surface area contributed by atoms with Crippen LogP contribution in [0.1, 0.15) is 73.8 Å². The molecule has 0 saturated heterocycles. The van der Waals surface area contributed by atoms with Crippen LogP contribution in [0.3, 0.4) is 0 Å². The molecule has 1 aromatic carbocycles. The molecule has 0 aliphatic heterocycles. The molecule has 158 valence electrons. The molecule has 0 unspecified atom stereocenters. The number of hydrogen-bond donors (Lipinski definition) is 2. The first-order valence-electron chi connectivity index (χ1n) is 10.6. The molecule has 3 heteroatoms. The molecule has 0 bridgehead atoms. The lowest BCUT2D eigenvalue weighted by Gasteiger charge is -2.27. The SMILES string of the molecule is CC(C)C(C)(C)CCO.CC(C)CCNCc1ccc(OCC(C)C)cc1. The van der Waals surface area contributed by atoms with Gasteiger partial charge in [-0.2, -0.15) is 0 Å². The Kier molecular flexibility index (Phi) is 13.5. The second-order valence-corrected chi connectivity index (χ2v) is 9.32. The van der Waals surface area contributed by atoms with Crippen molar-refractivity contribution >= 4 is 0 Å². The van der Waals surface area contributed by atoms with Crippen LogP contribution in [0, 0.1) is 23.2 Å². The molecule has 1 aromatic rings. The number of aliphatic hydroxyl groups is 1. The zero-order valence-corrected chi connectivity index (χ0v) is 19.1. The summed E-state index contributed by atoms with van der Waals surface area (Å²) in [5.41, 5.74) is 1.62. The fraction of sp³-hybridized carbons (Fsp3) is 0.750. The van der Waals surface area contributed by atoms with Gasteiger partial charge in [-0.15, -0.1) is 0 Å². The second-order valence-electron chi connectivity index (χ2n) is 9.32. The zero-order chi connectivity index (χ0) is 20.9. The Labute approximate surface area is 168 Å². The van der Waals surface area contributed by atoms with Gasteiger partial charge < -0.3 is 15.2 Å². The minimum atomic E-state index is 0.300. The lowest BCUT2D eigenvalue weighted by molar-refractivity contribution is 0.164. The van der Waals surface area contributed by atoms with Gasteiger partial charge in [0.25, 0.3) is 0 Å². The summed E-state index contributed by atoms with van der Waals surface area (Å²) in [6, 6.07) is 8.39. The van der Waals surface area contributed by atoms with E-state index in [0.29, 0.717) is 23.9 Å². The highest BCUT2D eigenvalue weighted by Crippen LogP contribution is 2.29. The summed E-state index contributed by atoms with van der Waals surface area (Å²) < 4.78 is 5.66. The Morgan fingerprint density at radius 3 is 1.96 bits per heavy atom. The van der Waals surface area contributed by atoms with Crippen LogP contribution >= 0.6 is 0 Å². The van der Waals surface area contributed by atoms with Crippen LogP contribution in [-0.2, 0) is 6.54 Å². The number of nitrogens with one attached hydrogen (secondary N) is 1. The van der Waals surface area contributed by atoms with Crippen LogP contribution < -0.4 is 10.1 Å². The first-order chi connectivity index (χ1) is 12.6. The van der Waals surface area contributed by atoms with Gasteiger partial charge in [-0.05, 0) is 60.3 Å². The van der Waals surface area contributed by atoms with E-state index < -0.39 is 0 Å². The standard InChI is InChI=1S/C16H27NO.C8H18O/c1-13(2)9-10-17-11-15-5-7-16(8-6-15)18-12-14(3)4;1-7(2)8(3,4)5-6-9/h5-8,13-14,17H,9-12H2,1-4H3;7,9H,5-6H2,1-4H3. The third-order valence-electron chi connectivity index (χ3n) is 5.05. The maximum absolute atomic E-state index is 8.65. The van der Waals surface area contributed by atoms with Gasteiger partial charge in [0.05, 0.1) is 6.61 Å². The number of hydrogen-bond acceptors (Lipinski definition) is 3. The third kappa shape index (κ3) is 13.7. The lowest BCUT2D eigenvalue weighted by atomic mass is 9.79. The molecule has 0 atom stereocenters. The van der Waals surface area contributed by atoms with E-state index in [4.69, 9.17) is 9.84 Å². The maximum atomic E-state index is 8.65. The minimum Gasteiger partial charge on any atom is -0.493 e. The molecule has 1 rings (SSSR count). The molecular formula is C24H45NO2. The van der Waals surface area contributed by atoms with Crippen molar-refractivity contribution in [1.29, 1.82) is 0 Å². The predicted octanol–water partition coefficient (Wildman–Crippen LogP) is 5.91. The summed E-state index contributed by atoms with van der Waals surface area (Å²) in [4.78, 5) is 0. The van der Waals surface area contributed by atoms with Crippen molar-refractivity contribution in [2.75, 3.05) is 19.8 Å². The van der Waals surface area contributed by atoms with Gasteiger partial charge in [0.15, 0.2) is 0 Å². The van der Waals surface area contributed by atoms with Crippen molar-refractivity contribution in [3.63, 3.8) is 0 Å². The molecule has 0 radical (unpaired) electrons. The van der Waals surface area contributed by atoms with Crippen molar-refractivity contribution in [1.82, 2.24) is 5.32 Å². The highest BCUT2D eigenvalue weighted by molar-refractivity contribution is 5.27. The first-order valence-corrected chi connectivity index (χ1v) is 10.6. The van der Waals surface area contributed by atoms with Crippen molar-refractivity contribution in [2.24, 2.45) is 23.2 Å². The molecule has 27 heavy (non-hydrogen) atoms. The van der Waals surface area contributed by atoms with E-state index in [1.54, 1.807) is 0 Å².